The van der Waals surface area contributed by atoms with Crippen molar-refractivity contribution in [3.8, 4) is 22.5 Å². The Hall–Kier alpha value is -3.17. The van der Waals surface area contributed by atoms with E-state index in [4.69, 9.17) is 11.6 Å². The number of benzene rings is 3. The Morgan fingerprint density at radius 1 is 0.778 bits per heavy atom. The zero-order valence-electron chi connectivity index (χ0n) is 14.5. The molecule has 0 fully saturated rings. The van der Waals surface area contributed by atoms with Crippen LogP contribution in [0.15, 0.2) is 95.9 Å². The predicted octanol–water partition coefficient (Wildman–Crippen LogP) is 5.28. The third kappa shape index (κ3) is 3.69. The smallest absolute Gasteiger partial charge is 0.269 e. The number of aromatic nitrogens is 2. The molecule has 3 nitrogen and oxygen atoms in total. The van der Waals surface area contributed by atoms with E-state index < -0.39 is 0 Å². The normalized spacial score (nSPS) is 10.7. The number of rotatable bonds is 4. The second kappa shape index (κ2) is 7.60. The summed E-state index contributed by atoms with van der Waals surface area (Å²) in [6, 6.07) is 27.4. The predicted molar refractivity (Wildman–Crippen MR) is 110 cm³/mol. The first-order chi connectivity index (χ1) is 13.2. The fourth-order valence-electron chi connectivity index (χ4n) is 3.11. The molecule has 4 rings (SSSR count). The number of nitrogens with zero attached hydrogens (tertiary/aromatic N) is 2. The van der Waals surface area contributed by atoms with Gasteiger partial charge in [0.1, 0.15) is 0 Å². The van der Waals surface area contributed by atoms with Crippen molar-refractivity contribution >= 4 is 11.6 Å². The third-order valence-corrected chi connectivity index (χ3v) is 4.66. The fraction of sp³-hybridized carbons (Fsp3) is 0.0435. The summed E-state index contributed by atoms with van der Waals surface area (Å²) >= 11 is 6.00. The first-order valence-corrected chi connectivity index (χ1v) is 9.05. The van der Waals surface area contributed by atoms with Crippen LogP contribution in [-0.4, -0.2) is 9.55 Å². The molecule has 0 N–H and O–H groups in total. The van der Waals surface area contributed by atoms with E-state index in [-0.39, 0.29) is 5.56 Å². The molecule has 27 heavy (non-hydrogen) atoms. The molecule has 1 heterocycles. The average Bonchev–Trinajstić information content (AvgIpc) is 2.72. The molecule has 0 saturated carbocycles. The van der Waals surface area contributed by atoms with Gasteiger partial charge in [0.05, 0.1) is 24.1 Å². The van der Waals surface area contributed by atoms with Crippen LogP contribution in [0.4, 0.5) is 0 Å². The lowest BCUT2D eigenvalue weighted by atomic mass is 10.0. The monoisotopic (exact) mass is 372 g/mol. The van der Waals surface area contributed by atoms with E-state index in [0.29, 0.717) is 11.6 Å². The van der Waals surface area contributed by atoms with E-state index in [9.17, 15) is 4.79 Å². The zero-order valence-corrected chi connectivity index (χ0v) is 15.3. The van der Waals surface area contributed by atoms with E-state index in [1.54, 1.807) is 4.57 Å². The van der Waals surface area contributed by atoms with Crippen molar-refractivity contribution in [1.82, 2.24) is 9.55 Å². The van der Waals surface area contributed by atoms with Crippen LogP contribution in [0, 0.1) is 0 Å². The molecule has 0 radical (unpaired) electrons. The van der Waals surface area contributed by atoms with E-state index in [1.807, 2.05) is 84.9 Å². The van der Waals surface area contributed by atoms with Crippen molar-refractivity contribution in [3.63, 3.8) is 0 Å². The van der Waals surface area contributed by atoms with Gasteiger partial charge >= 0.3 is 0 Å². The van der Waals surface area contributed by atoms with Gasteiger partial charge in [-0.15, -0.1) is 0 Å². The minimum atomic E-state index is -0.136. The average molecular weight is 373 g/mol. The van der Waals surface area contributed by atoms with E-state index in [1.165, 1.54) is 6.20 Å². The standard InChI is InChI=1S/C23H17ClN2O/c24-20-13-11-17(12-14-20)16-26-21(27)15-25-22(18-7-3-1-4-8-18)23(26)19-9-5-2-6-10-19/h1-15H,16H2. The highest BCUT2D eigenvalue weighted by Crippen LogP contribution is 2.29. The highest BCUT2D eigenvalue weighted by atomic mass is 35.5. The second-order valence-corrected chi connectivity index (χ2v) is 6.67. The summed E-state index contributed by atoms with van der Waals surface area (Å²) in [7, 11) is 0. The Morgan fingerprint density at radius 2 is 1.37 bits per heavy atom. The molecule has 0 saturated heterocycles. The molecule has 4 aromatic rings. The SMILES string of the molecule is O=c1cnc(-c2ccccc2)c(-c2ccccc2)n1Cc1ccc(Cl)cc1. The molecule has 0 amide bonds. The van der Waals surface area contributed by atoms with Gasteiger partial charge in [0.2, 0.25) is 0 Å². The summed E-state index contributed by atoms with van der Waals surface area (Å²) in [5.41, 5.74) is 4.39. The van der Waals surface area contributed by atoms with E-state index in [2.05, 4.69) is 4.98 Å². The Kier molecular flexibility index (Phi) is 4.86. The van der Waals surface area contributed by atoms with Crippen molar-refractivity contribution in [2.24, 2.45) is 0 Å². The largest absolute Gasteiger partial charge is 0.300 e. The summed E-state index contributed by atoms with van der Waals surface area (Å²) in [6.07, 6.45) is 1.39. The zero-order chi connectivity index (χ0) is 18.6. The van der Waals surface area contributed by atoms with Gasteiger partial charge in [0, 0.05) is 16.1 Å². The van der Waals surface area contributed by atoms with Gasteiger partial charge in [-0.1, -0.05) is 84.4 Å². The van der Waals surface area contributed by atoms with Gasteiger partial charge in [-0.3, -0.25) is 4.79 Å². The lowest BCUT2D eigenvalue weighted by molar-refractivity contribution is 0.759. The maximum Gasteiger partial charge on any atom is 0.269 e. The molecular formula is C23H17ClN2O. The van der Waals surface area contributed by atoms with Crippen molar-refractivity contribution < 1.29 is 0 Å². The van der Waals surface area contributed by atoms with Gasteiger partial charge in [-0.2, -0.15) is 0 Å². The molecule has 4 heteroatoms. The molecule has 3 aromatic carbocycles. The van der Waals surface area contributed by atoms with Crippen molar-refractivity contribution in [2.75, 3.05) is 0 Å². The van der Waals surface area contributed by atoms with Crippen LogP contribution in [0.2, 0.25) is 5.02 Å². The van der Waals surface area contributed by atoms with E-state index >= 15 is 0 Å². The van der Waals surface area contributed by atoms with Gasteiger partial charge in [0.25, 0.3) is 5.56 Å². The highest BCUT2D eigenvalue weighted by Gasteiger charge is 2.15. The van der Waals surface area contributed by atoms with Crippen LogP contribution in [0.3, 0.4) is 0 Å². The summed E-state index contributed by atoms with van der Waals surface area (Å²) in [5, 5.41) is 0.675. The first-order valence-electron chi connectivity index (χ1n) is 8.67. The quantitative estimate of drug-likeness (QED) is 0.488. The topological polar surface area (TPSA) is 34.9 Å². The molecule has 0 spiro atoms. The van der Waals surface area contributed by atoms with Crippen LogP contribution in [0.5, 0.6) is 0 Å². The Labute approximate surface area is 162 Å². The molecule has 1 aromatic heterocycles. The van der Waals surface area contributed by atoms with Gasteiger partial charge < -0.3 is 4.57 Å². The molecule has 0 aliphatic rings. The first kappa shape index (κ1) is 17.3. The fourth-order valence-corrected chi connectivity index (χ4v) is 3.24. The van der Waals surface area contributed by atoms with Gasteiger partial charge in [-0.05, 0) is 17.7 Å². The van der Waals surface area contributed by atoms with Crippen molar-refractivity contribution in [1.29, 1.82) is 0 Å². The third-order valence-electron chi connectivity index (χ3n) is 4.41. The van der Waals surface area contributed by atoms with Crippen LogP contribution in [-0.2, 0) is 6.54 Å². The Balaban J connectivity index is 1.94. The molecule has 0 bridgehead atoms. The molecular weight excluding hydrogens is 356 g/mol. The Morgan fingerprint density at radius 3 is 2.00 bits per heavy atom. The highest BCUT2D eigenvalue weighted by molar-refractivity contribution is 6.30. The van der Waals surface area contributed by atoms with Crippen LogP contribution in [0.25, 0.3) is 22.5 Å². The molecule has 0 aliphatic carbocycles. The second-order valence-electron chi connectivity index (χ2n) is 6.24. The summed E-state index contributed by atoms with van der Waals surface area (Å²) in [6.45, 7) is 0.447. The minimum Gasteiger partial charge on any atom is -0.300 e. The van der Waals surface area contributed by atoms with Crippen LogP contribution >= 0.6 is 11.6 Å². The number of hydrogen-bond acceptors (Lipinski definition) is 2. The summed E-state index contributed by atoms with van der Waals surface area (Å²) in [4.78, 5) is 17.2. The lowest BCUT2D eigenvalue weighted by Crippen LogP contribution is -2.23. The number of halogens is 1. The lowest BCUT2D eigenvalue weighted by Gasteiger charge is -2.17. The molecule has 0 aliphatic heterocycles. The van der Waals surface area contributed by atoms with Crippen molar-refractivity contribution in [2.45, 2.75) is 6.54 Å². The summed E-state index contributed by atoms with van der Waals surface area (Å²) in [5.74, 6) is 0. The van der Waals surface area contributed by atoms with Gasteiger partial charge in [0.15, 0.2) is 0 Å². The molecule has 0 atom stereocenters. The van der Waals surface area contributed by atoms with Crippen molar-refractivity contribution in [3.05, 3.63) is 112 Å². The van der Waals surface area contributed by atoms with Crippen LogP contribution in [0.1, 0.15) is 5.56 Å². The Bertz CT molecular complexity index is 1100. The number of hydrogen-bond donors (Lipinski definition) is 0. The van der Waals surface area contributed by atoms with Crippen LogP contribution < -0.4 is 5.56 Å². The van der Waals surface area contributed by atoms with E-state index in [0.717, 1.165) is 28.1 Å². The molecule has 0 unspecified atom stereocenters. The van der Waals surface area contributed by atoms with Gasteiger partial charge in [-0.25, -0.2) is 4.98 Å². The maximum absolute atomic E-state index is 12.7. The molecule has 132 valence electrons. The maximum atomic E-state index is 12.7. The summed E-state index contributed by atoms with van der Waals surface area (Å²) < 4.78 is 1.77. The minimum absolute atomic E-state index is 0.136.